The van der Waals surface area contributed by atoms with Crippen molar-refractivity contribution in [3.05, 3.63) is 158 Å². The van der Waals surface area contributed by atoms with Crippen LogP contribution in [0.1, 0.15) is 79.2 Å². The molecule has 0 aliphatic carbocycles. The van der Waals surface area contributed by atoms with E-state index in [0.29, 0.717) is 10.0 Å². The third-order valence-electron chi connectivity index (χ3n) is 10.6. The number of aromatic nitrogens is 2. The lowest BCUT2D eigenvalue weighted by Crippen LogP contribution is -2.20. The molecule has 8 rings (SSSR count). The number of pyridine rings is 2. The topological polar surface area (TPSA) is 155 Å². The van der Waals surface area contributed by atoms with Crippen LogP contribution in [0.15, 0.2) is 92.6 Å². The predicted octanol–water partition coefficient (Wildman–Crippen LogP) is 8.30. The molecule has 58 heavy (non-hydrogen) atoms. The van der Waals surface area contributed by atoms with Crippen molar-refractivity contribution in [2.75, 3.05) is 0 Å². The van der Waals surface area contributed by atoms with E-state index < -0.39 is 23.9 Å². The number of primary amides is 2. The van der Waals surface area contributed by atoms with Crippen LogP contribution in [0.3, 0.4) is 0 Å². The van der Waals surface area contributed by atoms with E-state index in [1.54, 1.807) is 58.0 Å². The number of aryl methyl sites for hydroxylation is 4. The first-order valence-electron chi connectivity index (χ1n) is 18.4. The number of fused-ring (bicyclic) bond motifs is 6. The standard InChI is InChI=1S/2C22H20ClN3O2S/c2*1-11-12(2)29-22-16-10-26(3)19(28)8-15(16)17(9-18(24)27)25-21(20(11)22)13-4-6-14(23)7-5-13/h2*4-8,10,17H,9H2,1-3H3,(H2,24,27)/t2*17-/m10/s1. The third kappa shape index (κ3) is 7.77. The van der Waals surface area contributed by atoms with Gasteiger partial charge in [0.2, 0.25) is 11.8 Å². The summed E-state index contributed by atoms with van der Waals surface area (Å²) >= 11 is 15.5. The number of hydrogen-bond acceptors (Lipinski definition) is 8. The first-order valence-corrected chi connectivity index (χ1v) is 20.8. The summed E-state index contributed by atoms with van der Waals surface area (Å²) in [5, 5.41) is 1.28. The first kappa shape index (κ1) is 40.8. The average molecular weight is 852 g/mol. The lowest BCUT2D eigenvalue weighted by Gasteiger charge is -2.15. The Morgan fingerprint density at radius 3 is 1.31 bits per heavy atom. The summed E-state index contributed by atoms with van der Waals surface area (Å²) in [5.74, 6) is -0.919. The number of aliphatic imine (C=N–C) groups is 2. The molecule has 2 aliphatic heterocycles. The number of carbonyl (C=O) groups excluding carboxylic acids is 2. The highest BCUT2D eigenvalue weighted by Crippen LogP contribution is 2.46. The zero-order valence-corrected chi connectivity index (χ0v) is 35.8. The van der Waals surface area contributed by atoms with Crippen molar-refractivity contribution < 1.29 is 9.59 Å². The number of hydrogen-bond donors (Lipinski definition) is 2. The van der Waals surface area contributed by atoms with E-state index in [0.717, 1.165) is 76.8 Å². The largest absolute Gasteiger partial charge is 0.370 e. The minimum absolute atomic E-state index is 0.0320. The SMILES string of the molecule is Cc1sc2c(c1C)C(c1ccc(Cl)cc1)=N[C@@H](CC(N)=O)c1cc(=O)n(C)cc1-2.Cc1sc2c(c1C)C(c1ccc(Cl)cc1)=N[C@H](CC(N)=O)c1cc(=O)n(C)cc1-2. The number of amides is 2. The number of thiophene rings is 2. The Kier molecular flexibility index (Phi) is 11.3. The van der Waals surface area contributed by atoms with Crippen LogP contribution in [0.4, 0.5) is 0 Å². The highest BCUT2D eigenvalue weighted by Gasteiger charge is 2.32. The van der Waals surface area contributed by atoms with Crippen molar-refractivity contribution in [3.8, 4) is 20.9 Å². The molecule has 0 saturated heterocycles. The molecular weight excluding hydrogens is 812 g/mol. The number of carbonyl (C=O) groups is 2. The number of halogens is 2. The quantitative estimate of drug-likeness (QED) is 0.173. The van der Waals surface area contributed by atoms with E-state index >= 15 is 0 Å². The summed E-state index contributed by atoms with van der Waals surface area (Å²) in [7, 11) is 3.45. The maximum Gasteiger partial charge on any atom is 0.250 e. The Morgan fingerprint density at radius 1 is 0.638 bits per heavy atom. The Morgan fingerprint density at radius 2 is 0.983 bits per heavy atom. The van der Waals surface area contributed by atoms with Crippen molar-refractivity contribution in [2.24, 2.45) is 35.5 Å². The maximum absolute atomic E-state index is 12.4. The third-order valence-corrected chi connectivity index (χ3v) is 13.6. The van der Waals surface area contributed by atoms with Crippen molar-refractivity contribution in [3.63, 3.8) is 0 Å². The summed E-state index contributed by atoms with van der Waals surface area (Å²) in [5.41, 5.74) is 21.8. The average Bonchev–Trinajstić information content (AvgIpc) is 3.54. The van der Waals surface area contributed by atoms with E-state index in [1.165, 1.54) is 9.75 Å². The molecule has 10 nitrogen and oxygen atoms in total. The second-order valence-corrected chi connectivity index (χ2v) is 17.8. The van der Waals surface area contributed by atoms with Gasteiger partial charge in [0.15, 0.2) is 0 Å². The molecule has 0 unspecified atom stereocenters. The van der Waals surface area contributed by atoms with Crippen molar-refractivity contribution >= 4 is 69.1 Å². The van der Waals surface area contributed by atoms with Gasteiger partial charge in [-0.25, -0.2) is 0 Å². The van der Waals surface area contributed by atoms with Crippen LogP contribution in [-0.2, 0) is 23.7 Å². The van der Waals surface area contributed by atoms with Gasteiger partial charge in [-0.15, -0.1) is 22.7 Å². The monoisotopic (exact) mass is 850 g/mol. The summed E-state index contributed by atoms with van der Waals surface area (Å²) in [6.07, 6.45) is 3.73. The smallest absolute Gasteiger partial charge is 0.250 e. The van der Waals surface area contributed by atoms with Gasteiger partial charge >= 0.3 is 0 Å². The van der Waals surface area contributed by atoms with Gasteiger partial charge in [-0.1, -0.05) is 47.5 Å². The Labute approximate surface area is 353 Å². The molecule has 0 saturated carbocycles. The van der Waals surface area contributed by atoms with Gasteiger partial charge in [-0.05, 0) is 74.2 Å². The van der Waals surface area contributed by atoms with Gasteiger partial charge in [0, 0.05) is 102 Å². The molecule has 0 bridgehead atoms. The zero-order valence-electron chi connectivity index (χ0n) is 32.6. The maximum atomic E-state index is 12.4. The molecule has 6 aromatic rings. The molecule has 4 N–H and O–H groups in total. The molecule has 2 amide bonds. The lowest BCUT2D eigenvalue weighted by molar-refractivity contribution is -0.119. The van der Waals surface area contributed by atoms with Gasteiger partial charge in [0.05, 0.1) is 36.3 Å². The van der Waals surface area contributed by atoms with Crippen LogP contribution < -0.4 is 22.6 Å². The fourth-order valence-electron chi connectivity index (χ4n) is 7.35. The van der Waals surface area contributed by atoms with Crippen molar-refractivity contribution in [1.29, 1.82) is 0 Å². The van der Waals surface area contributed by atoms with Gasteiger partial charge < -0.3 is 20.6 Å². The second kappa shape index (κ2) is 16.1. The minimum Gasteiger partial charge on any atom is -0.370 e. The minimum atomic E-state index is -0.526. The number of nitrogens with zero attached hydrogens (tertiary/aromatic N) is 4. The fourth-order valence-corrected chi connectivity index (χ4v) is 9.99. The highest BCUT2D eigenvalue weighted by molar-refractivity contribution is 7.16. The molecule has 2 aromatic carbocycles. The van der Waals surface area contributed by atoms with E-state index in [9.17, 15) is 19.2 Å². The molecule has 0 radical (unpaired) electrons. The van der Waals surface area contributed by atoms with Crippen LogP contribution in [0.5, 0.6) is 0 Å². The second-order valence-electron chi connectivity index (χ2n) is 14.5. The van der Waals surface area contributed by atoms with E-state index in [4.69, 9.17) is 44.7 Å². The summed E-state index contributed by atoms with van der Waals surface area (Å²) in [6, 6.07) is 17.1. The molecule has 0 fully saturated rings. The van der Waals surface area contributed by atoms with Gasteiger partial charge in [0.25, 0.3) is 11.1 Å². The van der Waals surface area contributed by atoms with Crippen LogP contribution in [0.25, 0.3) is 20.9 Å². The number of nitrogens with two attached hydrogens (primary N) is 2. The molecule has 6 heterocycles. The van der Waals surface area contributed by atoms with E-state index in [1.807, 2.05) is 60.9 Å². The summed E-state index contributed by atoms with van der Waals surface area (Å²) in [4.78, 5) is 62.8. The van der Waals surface area contributed by atoms with Crippen molar-refractivity contribution in [2.45, 2.75) is 52.6 Å². The molecule has 4 aromatic heterocycles. The Bertz CT molecular complexity index is 2640. The number of benzene rings is 2. The van der Waals surface area contributed by atoms with Crippen molar-refractivity contribution in [1.82, 2.24) is 9.13 Å². The molecular formula is C44H40Cl2N6O4S2. The van der Waals surface area contributed by atoms with Gasteiger partial charge in [-0.2, -0.15) is 0 Å². The Hall–Kier alpha value is -5.40. The van der Waals surface area contributed by atoms with E-state index in [-0.39, 0.29) is 24.0 Å². The number of rotatable bonds is 6. The molecule has 2 atom stereocenters. The molecule has 2 aliphatic rings. The highest BCUT2D eigenvalue weighted by atomic mass is 35.5. The molecule has 0 spiro atoms. The van der Waals surface area contributed by atoms with Gasteiger partial charge in [-0.3, -0.25) is 29.2 Å². The van der Waals surface area contributed by atoms with Crippen LogP contribution in [0, 0.1) is 27.7 Å². The summed E-state index contributed by atoms with van der Waals surface area (Å²) < 4.78 is 3.11. The lowest BCUT2D eigenvalue weighted by atomic mass is 9.95. The normalized spacial score (nSPS) is 15.3. The van der Waals surface area contributed by atoms with E-state index in [2.05, 4.69) is 27.7 Å². The van der Waals surface area contributed by atoms with Crippen LogP contribution in [-0.4, -0.2) is 32.4 Å². The summed E-state index contributed by atoms with van der Waals surface area (Å²) in [6.45, 7) is 8.31. The first-order chi connectivity index (χ1) is 27.5. The Balaban J connectivity index is 0.000000177. The van der Waals surface area contributed by atoms with Gasteiger partial charge in [0.1, 0.15) is 0 Å². The predicted molar refractivity (Wildman–Crippen MR) is 236 cm³/mol. The molecule has 14 heteroatoms. The van der Waals surface area contributed by atoms with Crippen LogP contribution >= 0.6 is 45.9 Å². The zero-order chi connectivity index (χ0) is 41.7. The van der Waals surface area contributed by atoms with Crippen LogP contribution in [0.2, 0.25) is 10.0 Å². The fraction of sp³-hybridized carbons (Fsp3) is 0.227. The molecule has 296 valence electrons.